The lowest BCUT2D eigenvalue weighted by Gasteiger charge is -2.34. The number of aromatic nitrogens is 1. The van der Waals surface area contributed by atoms with Gasteiger partial charge in [0, 0.05) is 32.3 Å². The summed E-state index contributed by atoms with van der Waals surface area (Å²) in [5.74, 6) is -1.04. The number of carboxylic acids is 1. The van der Waals surface area contributed by atoms with Crippen LogP contribution in [0, 0.1) is 10.1 Å². The summed E-state index contributed by atoms with van der Waals surface area (Å²) in [5, 5.41) is 23.0. The Kier molecular flexibility index (Phi) is 3.61. The number of ether oxygens (including phenoxy) is 1. The van der Waals surface area contributed by atoms with Crippen LogP contribution in [0.15, 0.2) is 18.5 Å². The second kappa shape index (κ2) is 5.19. The first-order chi connectivity index (χ1) is 9.05. The average Bonchev–Trinajstić information content (AvgIpc) is 2.40. The molecule has 0 atom stereocenters. The highest BCUT2D eigenvalue weighted by atomic mass is 16.6. The van der Waals surface area contributed by atoms with Crippen LogP contribution < -0.4 is 5.32 Å². The molecule has 0 spiro atoms. The van der Waals surface area contributed by atoms with Crippen molar-refractivity contribution in [1.29, 1.82) is 0 Å². The average molecular weight is 267 g/mol. The van der Waals surface area contributed by atoms with Crippen LogP contribution in [0.1, 0.15) is 12.8 Å². The first kappa shape index (κ1) is 13.2. The second-order valence-corrected chi connectivity index (χ2v) is 4.27. The number of nitrogens with one attached hydrogen (secondary N) is 1. The predicted octanol–water partition coefficient (Wildman–Crippen LogP) is 1.04. The van der Waals surface area contributed by atoms with Gasteiger partial charge in [-0.1, -0.05) is 0 Å². The van der Waals surface area contributed by atoms with E-state index in [4.69, 9.17) is 4.74 Å². The molecule has 0 saturated carbocycles. The Morgan fingerprint density at radius 3 is 2.79 bits per heavy atom. The molecule has 1 aromatic rings. The van der Waals surface area contributed by atoms with Crippen LogP contribution >= 0.6 is 0 Å². The zero-order chi connectivity index (χ0) is 13.9. The molecule has 0 unspecified atom stereocenters. The number of hydrogen-bond acceptors (Lipinski definition) is 6. The molecule has 0 aliphatic carbocycles. The van der Waals surface area contributed by atoms with Gasteiger partial charge in [0.25, 0.3) is 0 Å². The quantitative estimate of drug-likeness (QED) is 0.618. The normalized spacial score (nSPS) is 17.7. The standard InChI is InChI=1S/C11H13N3O5/c15-10(16)11(2-5-19-6-3-11)13-8-1-4-12-7-9(8)14(17)18/h1,4,7H,2-3,5-6H2,(H,12,13)(H,15,16). The largest absolute Gasteiger partial charge is 0.480 e. The van der Waals surface area contributed by atoms with Gasteiger partial charge in [-0.25, -0.2) is 4.79 Å². The SMILES string of the molecule is O=C(O)C1(Nc2ccncc2[N+](=O)[O-])CCOCC1. The molecule has 0 bridgehead atoms. The third-order valence-electron chi connectivity index (χ3n) is 3.13. The Hall–Kier alpha value is -2.22. The highest BCUT2D eigenvalue weighted by molar-refractivity contribution is 5.84. The molecular weight excluding hydrogens is 254 g/mol. The zero-order valence-electron chi connectivity index (χ0n) is 10.0. The first-order valence-corrected chi connectivity index (χ1v) is 5.73. The van der Waals surface area contributed by atoms with Gasteiger partial charge < -0.3 is 15.2 Å². The van der Waals surface area contributed by atoms with Gasteiger partial charge in [0.2, 0.25) is 0 Å². The topological polar surface area (TPSA) is 115 Å². The number of nitro groups is 1. The van der Waals surface area contributed by atoms with Crippen molar-refractivity contribution < 1.29 is 19.6 Å². The minimum atomic E-state index is -1.23. The van der Waals surface area contributed by atoms with Gasteiger partial charge in [0.1, 0.15) is 17.4 Å². The number of nitrogens with zero attached hydrogens (tertiary/aromatic N) is 2. The fourth-order valence-electron chi connectivity index (χ4n) is 2.01. The monoisotopic (exact) mass is 267 g/mol. The number of anilines is 1. The summed E-state index contributed by atoms with van der Waals surface area (Å²) in [4.78, 5) is 25.4. The van der Waals surface area contributed by atoms with E-state index in [1.165, 1.54) is 12.3 Å². The fraction of sp³-hybridized carbons (Fsp3) is 0.455. The summed E-state index contributed by atoms with van der Waals surface area (Å²) in [5.41, 5.74) is -1.32. The van der Waals surface area contributed by atoms with Crippen LogP contribution in [0.3, 0.4) is 0 Å². The predicted molar refractivity (Wildman–Crippen MR) is 64.9 cm³/mol. The summed E-state index contributed by atoms with van der Waals surface area (Å²) in [6.45, 7) is 0.608. The molecule has 1 aliphatic heterocycles. The number of carbonyl (C=O) groups is 1. The third kappa shape index (κ3) is 2.63. The molecule has 2 heterocycles. The maximum absolute atomic E-state index is 11.5. The maximum atomic E-state index is 11.5. The molecule has 2 N–H and O–H groups in total. The van der Waals surface area contributed by atoms with E-state index in [-0.39, 0.29) is 24.2 Å². The summed E-state index contributed by atoms with van der Waals surface area (Å²) in [7, 11) is 0. The van der Waals surface area contributed by atoms with Crippen LogP contribution in [-0.4, -0.2) is 39.7 Å². The fourth-order valence-corrected chi connectivity index (χ4v) is 2.01. The lowest BCUT2D eigenvalue weighted by atomic mass is 9.89. The summed E-state index contributed by atoms with van der Waals surface area (Å²) in [6, 6.07) is 1.40. The molecular formula is C11H13N3O5. The van der Waals surface area contributed by atoms with Gasteiger partial charge in [-0.3, -0.25) is 15.1 Å². The van der Waals surface area contributed by atoms with Gasteiger partial charge >= 0.3 is 11.7 Å². The van der Waals surface area contributed by atoms with Gasteiger partial charge in [-0.15, -0.1) is 0 Å². The van der Waals surface area contributed by atoms with E-state index >= 15 is 0 Å². The van der Waals surface area contributed by atoms with Gasteiger partial charge in [0.15, 0.2) is 0 Å². The Bertz CT molecular complexity index is 499. The molecule has 8 heteroatoms. The van der Waals surface area contributed by atoms with Gasteiger partial charge in [-0.05, 0) is 6.07 Å². The Labute approximate surface area is 108 Å². The van der Waals surface area contributed by atoms with E-state index in [0.717, 1.165) is 6.20 Å². The van der Waals surface area contributed by atoms with Gasteiger partial charge in [0.05, 0.1) is 4.92 Å². The molecule has 19 heavy (non-hydrogen) atoms. The number of pyridine rings is 1. The summed E-state index contributed by atoms with van der Waals surface area (Å²) < 4.78 is 5.14. The van der Waals surface area contributed by atoms with E-state index in [1.807, 2.05) is 0 Å². The lowest BCUT2D eigenvalue weighted by Crippen LogP contribution is -2.50. The van der Waals surface area contributed by atoms with Gasteiger partial charge in [-0.2, -0.15) is 0 Å². The van der Waals surface area contributed by atoms with E-state index in [2.05, 4.69) is 10.3 Å². The number of hydrogen-bond donors (Lipinski definition) is 2. The Balaban J connectivity index is 2.32. The smallest absolute Gasteiger partial charge is 0.329 e. The van der Waals surface area contributed by atoms with E-state index < -0.39 is 16.4 Å². The van der Waals surface area contributed by atoms with Crippen LogP contribution in [0.4, 0.5) is 11.4 Å². The molecule has 0 amide bonds. The van der Waals surface area contributed by atoms with Crippen molar-refractivity contribution in [2.24, 2.45) is 0 Å². The molecule has 1 saturated heterocycles. The summed E-state index contributed by atoms with van der Waals surface area (Å²) in [6.07, 6.45) is 2.98. The molecule has 1 fully saturated rings. The van der Waals surface area contributed by atoms with E-state index in [1.54, 1.807) is 0 Å². The van der Waals surface area contributed by atoms with Crippen molar-refractivity contribution in [3.05, 3.63) is 28.6 Å². The van der Waals surface area contributed by atoms with E-state index in [0.29, 0.717) is 13.2 Å². The van der Waals surface area contributed by atoms with Crippen molar-refractivity contribution >= 4 is 17.3 Å². The molecule has 8 nitrogen and oxygen atoms in total. The lowest BCUT2D eigenvalue weighted by molar-refractivity contribution is -0.384. The number of aliphatic carboxylic acids is 1. The van der Waals surface area contributed by atoms with Crippen molar-refractivity contribution in [2.45, 2.75) is 18.4 Å². The van der Waals surface area contributed by atoms with Crippen molar-refractivity contribution in [2.75, 3.05) is 18.5 Å². The third-order valence-corrected chi connectivity index (χ3v) is 3.13. The molecule has 1 aliphatic rings. The molecule has 0 aromatic carbocycles. The molecule has 2 rings (SSSR count). The molecule has 1 aromatic heterocycles. The first-order valence-electron chi connectivity index (χ1n) is 5.73. The zero-order valence-corrected chi connectivity index (χ0v) is 10.0. The maximum Gasteiger partial charge on any atom is 0.329 e. The minimum Gasteiger partial charge on any atom is -0.480 e. The minimum absolute atomic E-state index is 0.157. The van der Waals surface area contributed by atoms with E-state index in [9.17, 15) is 20.0 Å². The Morgan fingerprint density at radius 2 is 2.21 bits per heavy atom. The van der Waals surface area contributed by atoms with Crippen LogP contribution in [0.25, 0.3) is 0 Å². The molecule has 102 valence electrons. The molecule has 0 radical (unpaired) electrons. The highest BCUT2D eigenvalue weighted by Gasteiger charge is 2.41. The van der Waals surface area contributed by atoms with Crippen molar-refractivity contribution in [3.63, 3.8) is 0 Å². The Morgan fingerprint density at radius 1 is 1.53 bits per heavy atom. The number of carboxylic acid groups (broad SMARTS) is 1. The van der Waals surface area contributed by atoms with Crippen LogP contribution in [0.5, 0.6) is 0 Å². The number of rotatable bonds is 4. The van der Waals surface area contributed by atoms with Crippen LogP contribution in [0.2, 0.25) is 0 Å². The van der Waals surface area contributed by atoms with Crippen molar-refractivity contribution in [3.8, 4) is 0 Å². The van der Waals surface area contributed by atoms with Crippen LogP contribution in [-0.2, 0) is 9.53 Å². The second-order valence-electron chi connectivity index (χ2n) is 4.27. The van der Waals surface area contributed by atoms with Crippen molar-refractivity contribution in [1.82, 2.24) is 4.98 Å². The summed E-state index contributed by atoms with van der Waals surface area (Å²) >= 11 is 0. The highest BCUT2D eigenvalue weighted by Crippen LogP contribution is 2.30.